The molecule has 0 radical (unpaired) electrons. The second kappa shape index (κ2) is 5.24. The summed E-state index contributed by atoms with van der Waals surface area (Å²) in [5.74, 6) is -0.464. The van der Waals surface area contributed by atoms with Crippen molar-refractivity contribution in [2.45, 2.75) is 17.4 Å². The van der Waals surface area contributed by atoms with Crippen molar-refractivity contribution in [3.05, 3.63) is 28.3 Å². The molecule has 1 saturated heterocycles. The lowest BCUT2D eigenvalue weighted by Crippen LogP contribution is -2.21. The molecule has 11 heteroatoms. The Kier molecular flexibility index (Phi) is 3.91. The van der Waals surface area contributed by atoms with Crippen LogP contribution < -0.4 is 9.88 Å². The Morgan fingerprint density at radius 3 is 2.52 bits per heavy atom. The molecule has 0 amide bonds. The van der Waals surface area contributed by atoms with Gasteiger partial charge in [-0.2, -0.15) is 0 Å². The maximum Gasteiger partial charge on any atom is 0.271 e. The summed E-state index contributed by atoms with van der Waals surface area (Å²) >= 11 is 0. The van der Waals surface area contributed by atoms with Crippen LogP contribution in [0, 0.1) is 10.1 Å². The Morgan fingerprint density at radius 2 is 2.05 bits per heavy atom. The van der Waals surface area contributed by atoms with Gasteiger partial charge in [0.25, 0.3) is 5.69 Å². The van der Waals surface area contributed by atoms with E-state index in [-0.39, 0.29) is 23.7 Å². The number of sulfone groups is 1. The van der Waals surface area contributed by atoms with E-state index in [1.807, 2.05) is 0 Å². The fourth-order valence-electron chi connectivity index (χ4n) is 1.96. The lowest BCUT2D eigenvalue weighted by Gasteiger charge is -2.14. The van der Waals surface area contributed by atoms with Gasteiger partial charge in [0.15, 0.2) is 9.84 Å². The summed E-state index contributed by atoms with van der Waals surface area (Å²) in [6.07, 6.45) is -0.472. The van der Waals surface area contributed by atoms with Crippen LogP contribution in [0.3, 0.4) is 0 Å². The Hall–Kier alpha value is -1.72. The number of nitrogens with two attached hydrogens (primary N) is 1. The minimum absolute atomic E-state index is 0.0463. The Bertz CT molecular complexity index is 786. The summed E-state index contributed by atoms with van der Waals surface area (Å²) in [6, 6.07) is 2.95. The molecule has 1 heterocycles. The van der Waals surface area contributed by atoms with Crippen LogP contribution in [0.15, 0.2) is 23.1 Å². The van der Waals surface area contributed by atoms with Crippen LogP contribution in [0.2, 0.25) is 0 Å². The second-order valence-corrected chi connectivity index (χ2v) is 8.33. The molecular weight excluding hydrogens is 324 g/mol. The highest BCUT2D eigenvalue weighted by molar-refractivity contribution is 7.91. The van der Waals surface area contributed by atoms with Crippen LogP contribution in [0.5, 0.6) is 5.75 Å². The van der Waals surface area contributed by atoms with E-state index in [0.29, 0.717) is 0 Å². The van der Waals surface area contributed by atoms with Gasteiger partial charge in [-0.05, 0) is 12.5 Å². The van der Waals surface area contributed by atoms with Crippen LogP contribution >= 0.6 is 0 Å². The average Bonchev–Trinajstić information content (AvgIpc) is 2.67. The number of benzene rings is 1. The molecule has 1 fully saturated rings. The van der Waals surface area contributed by atoms with Crippen LogP contribution in [-0.4, -0.2) is 39.4 Å². The van der Waals surface area contributed by atoms with E-state index < -0.39 is 41.5 Å². The highest BCUT2D eigenvalue weighted by atomic mass is 32.2. The number of rotatable bonds is 4. The first-order valence-electron chi connectivity index (χ1n) is 5.77. The highest BCUT2D eigenvalue weighted by Gasteiger charge is 2.31. The monoisotopic (exact) mass is 336 g/mol. The number of nitro groups is 1. The lowest BCUT2D eigenvalue weighted by molar-refractivity contribution is -0.385. The van der Waals surface area contributed by atoms with Gasteiger partial charge in [0.2, 0.25) is 10.0 Å². The number of hydrogen-bond donors (Lipinski definition) is 1. The zero-order chi connectivity index (χ0) is 15.8. The first-order valence-corrected chi connectivity index (χ1v) is 9.13. The van der Waals surface area contributed by atoms with E-state index in [9.17, 15) is 26.9 Å². The van der Waals surface area contributed by atoms with Crippen LogP contribution in [0.4, 0.5) is 5.69 Å². The molecule has 0 spiro atoms. The SMILES string of the molecule is NS(=O)(=O)c1cc([N+](=O)[O-])ccc1OC1CCS(=O)(=O)C1. The fraction of sp³-hybridized carbons (Fsp3) is 0.400. The van der Waals surface area contributed by atoms with Gasteiger partial charge in [-0.15, -0.1) is 0 Å². The molecular formula is C10H12N2O7S2. The summed E-state index contributed by atoms with van der Waals surface area (Å²) in [4.78, 5) is 9.36. The third-order valence-electron chi connectivity index (χ3n) is 2.93. The van der Waals surface area contributed by atoms with Crippen LogP contribution in [0.25, 0.3) is 0 Å². The minimum Gasteiger partial charge on any atom is -0.488 e. The molecule has 0 bridgehead atoms. The molecule has 1 atom stereocenters. The predicted octanol–water partition coefficient (Wildman–Crippen LogP) is -0.192. The fourth-order valence-corrected chi connectivity index (χ4v) is 4.23. The molecule has 0 aromatic heterocycles. The number of ether oxygens (including phenoxy) is 1. The molecule has 1 unspecified atom stereocenters. The minimum atomic E-state index is -4.24. The third kappa shape index (κ3) is 3.68. The van der Waals surface area contributed by atoms with Crippen molar-refractivity contribution in [2.24, 2.45) is 5.14 Å². The number of hydrogen-bond acceptors (Lipinski definition) is 7. The molecule has 9 nitrogen and oxygen atoms in total. The van der Waals surface area contributed by atoms with Gasteiger partial charge in [-0.1, -0.05) is 0 Å². The van der Waals surface area contributed by atoms with E-state index in [1.54, 1.807) is 0 Å². The Morgan fingerprint density at radius 1 is 1.38 bits per heavy atom. The van der Waals surface area contributed by atoms with Gasteiger partial charge in [-0.25, -0.2) is 22.0 Å². The molecule has 1 aromatic carbocycles. The maximum absolute atomic E-state index is 11.5. The van der Waals surface area contributed by atoms with Crippen molar-refractivity contribution < 1.29 is 26.5 Å². The first kappa shape index (κ1) is 15.7. The van der Waals surface area contributed by atoms with Gasteiger partial charge in [0.1, 0.15) is 16.7 Å². The van der Waals surface area contributed by atoms with E-state index in [1.165, 1.54) is 0 Å². The summed E-state index contributed by atoms with van der Waals surface area (Å²) < 4.78 is 51.0. The number of non-ortho nitro benzene ring substituents is 1. The molecule has 2 rings (SSSR count). The van der Waals surface area contributed by atoms with Crippen LogP contribution in [-0.2, 0) is 19.9 Å². The van der Waals surface area contributed by atoms with E-state index in [2.05, 4.69) is 0 Å². The maximum atomic E-state index is 11.5. The smallest absolute Gasteiger partial charge is 0.271 e. The topological polar surface area (TPSA) is 147 Å². The number of nitrogens with zero attached hydrogens (tertiary/aromatic N) is 1. The lowest BCUT2D eigenvalue weighted by atomic mass is 10.3. The van der Waals surface area contributed by atoms with Crippen molar-refractivity contribution in [1.29, 1.82) is 0 Å². The van der Waals surface area contributed by atoms with Crippen LogP contribution in [0.1, 0.15) is 6.42 Å². The normalized spacial score (nSPS) is 21.1. The van der Waals surface area contributed by atoms with E-state index >= 15 is 0 Å². The third-order valence-corrected chi connectivity index (χ3v) is 5.60. The van der Waals surface area contributed by atoms with Gasteiger partial charge >= 0.3 is 0 Å². The molecule has 1 aromatic rings. The summed E-state index contributed by atoms with van der Waals surface area (Å²) in [5, 5.41) is 15.7. The summed E-state index contributed by atoms with van der Waals surface area (Å²) in [7, 11) is -7.44. The average molecular weight is 336 g/mol. The molecule has 2 N–H and O–H groups in total. The molecule has 1 aliphatic heterocycles. The van der Waals surface area contributed by atoms with Crippen molar-refractivity contribution in [3.63, 3.8) is 0 Å². The van der Waals surface area contributed by atoms with Crippen molar-refractivity contribution in [3.8, 4) is 5.75 Å². The van der Waals surface area contributed by atoms with Crippen molar-refractivity contribution >= 4 is 25.5 Å². The summed E-state index contributed by atoms with van der Waals surface area (Å²) in [6.45, 7) is 0. The Balaban J connectivity index is 2.38. The second-order valence-electron chi connectivity index (χ2n) is 4.58. The predicted molar refractivity (Wildman–Crippen MR) is 72.2 cm³/mol. The number of nitro benzene ring substituents is 1. The standard InChI is InChI=1S/C10H12N2O7S2/c11-21(17,18)10-5-7(12(13)14)1-2-9(10)19-8-3-4-20(15,16)6-8/h1-2,5,8H,3-4,6H2,(H2,11,17,18). The van der Waals surface area contributed by atoms with Gasteiger partial charge in [0.05, 0.1) is 16.4 Å². The number of primary sulfonamides is 1. The van der Waals surface area contributed by atoms with Crippen molar-refractivity contribution in [1.82, 2.24) is 0 Å². The molecule has 21 heavy (non-hydrogen) atoms. The van der Waals surface area contributed by atoms with E-state index in [4.69, 9.17) is 9.88 Å². The molecule has 116 valence electrons. The van der Waals surface area contributed by atoms with Gasteiger partial charge in [-0.3, -0.25) is 10.1 Å². The number of sulfonamides is 1. The first-order chi connectivity index (χ1) is 9.58. The van der Waals surface area contributed by atoms with E-state index in [0.717, 1.165) is 18.2 Å². The molecule has 0 aliphatic carbocycles. The largest absolute Gasteiger partial charge is 0.488 e. The zero-order valence-corrected chi connectivity index (χ0v) is 12.3. The van der Waals surface area contributed by atoms with Gasteiger partial charge < -0.3 is 4.74 Å². The Labute approximate surface area is 120 Å². The summed E-state index contributed by atoms with van der Waals surface area (Å²) in [5.41, 5.74) is -0.453. The molecule has 1 aliphatic rings. The zero-order valence-electron chi connectivity index (χ0n) is 10.6. The quantitative estimate of drug-likeness (QED) is 0.592. The highest BCUT2D eigenvalue weighted by Crippen LogP contribution is 2.30. The van der Waals surface area contributed by atoms with Gasteiger partial charge in [0, 0.05) is 12.1 Å². The van der Waals surface area contributed by atoms with Crippen molar-refractivity contribution in [2.75, 3.05) is 11.5 Å². The molecule has 0 saturated carbocycles.